The molecule has 4 aromatic rings. The van der Waals surface area contributed by atoms with E-state index in [1.807, 2.05) is 71.6 Å². The van der Waals surface area contributed by atoms with Crippen molar-refractivity contribution in [3.8, 4) is 11.1 Å². The van der Waals surface area contributed by atoms with Gasteiger partial charge in [0, 0.05) is 56.7 Å². The number of carbonyl (C=O) groups excluding carboxylic acids is 1. The normalized spacial score (nSPS) is 15.3. The summed E-state index contributed by atoms with van der Waals surface area (Å²) in [5.41, 5.74) is 5.07. The summed E-state index contributed by atoms with van der Waals surface area (Å²) in [6.07, 6.45) is 7.73. The number of anilines is 1. The highest BCUT2D eigenvalue weighted by Gasteiger charge is 2.29. The fourth-order valence-electron chi connectivity index (χ4n) is 4.35. The standard InChI is InChI=1S/C24H26N6O2/c1-27-15-20(13-25-27)19-7-8-22-23(14-26-30(22)16-19)28-9-11-29(12-10-28)24(32)21(17-31)18-5-3-2-4-6-18/h2-8,13-16,21,31H,9-12,17H2,1H3/t21-/m1/s1. The van der Waals surface area contributed by atoms with Crippen molar-refractivity contribution in [3.63, 3.8) is 0 Å². The average molecular weight is 431 g/mol. The van der Waals surface area contributed by atoms with Crippen LogP contribution >= 0.6 is 0 Å². The van der Waals surface area contributed by atoms with Gasteiger partial charge in [-0.15, -0.1) is 0 Å². The van der Waals surface area contributed by atoms with Crippen LogP contribution in [0.4, 0.5) is 5.69 Å². The zero-order valence-electron chi connectivity index (χ0n) is 18.0. The van der Waals surface area contributed by atoms with Gasteiger partial charge in [-0.25, -0.2) is 4.52 Å². The molecule has 164 valence electrons. The SMILES string of the molecule is Cn1cc(-c2ccc3c(N4CCN(C(=O)[C@H](CO)c5ccccc5)CC4)cnn3c2)cn1. The molecule has 1 atom stereocenters. The van der Waals surface area contributed by atoms with E-state index < -0.39 is 5.92 Å². The van der Waals surface area contributed by atoms with E-state index in [-0.39, 0.29) is 12.5 Å². The highest BCUT2D eigenvalue weighted by molar-refractivity contribution is 5.84. The Balaban J connectivity index is 1.29. The average Bonchev–Trinajstić information content (AvgIpc) is 3.46. The number of aromatic nitrogens is 4. The predicted octanol–water partition coefficient (Wildman–Crippen LogP) is 2.16. The molecular weight excluding hydrogens is 404 g/mol. The molecule has 0 aliphatic carbocycles. The number of amides is 1. The Hall–Kier alpha value is -3.65. The lowest BCUT2D eigenvalue weighted by Crippen LogP contribution is -2.50. The lowest BCUT2D eigenvalue weighted by atomic mass is 9.98. The van der Waals surface area contributed by atoms with Gasteiger partial charge in [-0.1, -0.05) is 36.4 Å². The summed E-state index contributed by atoms with van der Waals surface area (Å²) in [6, 6.07) is 13.7. The number of piperazine rings is 1. The number of pyridine rings is 1. The van der Waals surface area contributed by atoms with Gasteiger partial charge in [-0.05, 0) is 11.6 Å². The number of fused-ring (bicyclic) bond motifs is 1. The van der Waals surface area contributed by atoms with Crippen molar-refractivity contribution in [2.75, 3.05) is 37.7 Å². The van der Waals surface area contributed by atoms with Gasteiger partial charge in [-0.2, -0.15) is 10.2 Å². The van der Waals surface area contributed by atoms with Crippen molar-refractivity contribution >= 4 is 17.1 Å². The fourth-order valence-corrected chi connectivity index (χ4v) is 4.35. The van der Waals surface area contributed by atoms with Crippen LogP contribution < -0.4 is 4.90 Å². The van der Waals surface area contributed by atoms with Crippen molar-refractivity contribution in [3.05, 3.63) is 72.8 Å². The second kappa shape index (κ2) is 8.47. The van der Waals surface area contributed by atoms with Gasteiger partial charge in [-0.3, -0.25) is 9.48 Å². The van der Waals surface area contributed by atoms with E-state index in [0.29, 0.717) is 13.1 Å². The number of nitrogens with zero attached hydrogens (tertiary/aromatic N) is 6. The first-order valence-electron chi connectivity index (χ1n) is 10.8. The molecule has 1 N–H and O–H groups in total. The second-order valence-electron chi connectivity index (χ2n) is 8.14. The Labute approximate surface area is 186 Å². The molecular formula is C24H26N6O2. The number of aliphatic hydroxyl groups is 1. The molecule has 0 saturated carbocycles. The van der Waals surface area contributed by atoms with Crippen molar-refractivity contribution < 1.29 is 9.90 Å². The zero-order valence-corrected chi connectivity index (χ0v) is 18.0. The third-order valence-electron chi connectivity index (χ3n) is 6.15. The van der Waals surface area contributed by atoms with E-state index >= 15 is 0 Å². The van der Waals surface area contributed by atoms with Crippen LogP contribution in [0, 0.1) is 0 Å². The zero-order chi connectivity index (χ0) is 22.1. The lowest BCUT2D eigenvalue weighted by Gasteiger charge is -2.37. The first-order valence-corrected chi connectivity index (χ1v) is 10.8. The summed E-state index contributed by atoms with van der Waals surface area (Å²) in [6.45, 7) is 2.51. The molecule has 5 rings (SSSR count). The molecule has 0 spiro atoms. The Morgan fingerprint density at radius 3 is 2.44 bits per heavy atom. The Morgan fingerprint density at radius 1 is 0.969 bits per heavy atom. The molecule has 8 nitrogen and oxygen atoms in total. The Kier molecular flexibility index (Phi) is 5.36. The predicted molar refractivity (Wildman–Crippen MR) is 122 cm³/mol. The van der Waals surface area contributed by atoms with E-state index in [2.05, 4.69) is 27.2 Å². The third-order valence-corrected chi connectivity index (χ3v) is 6.15. The number of benzene rings is 1. The van der Waals surface area contributed by atoms with Crippen LogP contribution in [-0.4, -0.2) is 68.1 Å². The highest BCUT2D eigenvalue weighted by Crippen LogP contribution is 2.27. The van der Waals surface area contributed by atoms with Gasteiger partial charge in [0.15, 0.2) is 0 Å². The number of hydrogen-bond donors (Lipinski definition) is 1. The summed E-state index contributed by atoms with van der Waals surface area (Å²) in [5.74, 6) is -0.523. The number of aryl methyl sites for hydroxylation is 1. The van der Waals surface area contributed by atoms with Crippen LogP contribution in [0.25, 0.3) is 16.6 Å². The van der Waals surface area contributed by atoms with E-state index in [9.17, 15) is 9.90 Å². The van der Waals surface area contributed by atoms with Gasteiger partial charge in [0.1, 0.15) is 0 Å². The van der Waals surface area contributed by atoms with Crippen LogP contribution in [0.15, 0.2) is 67.3 Å². The second-order valence-corrected chi connectivity index (χ2v) is 8.14. The summed E-state index contributed by atoms with van der Waals surface area (Å²) in [7, 11) is 1.90. The van der Waals surface area contributed by atoms with E-state index in [0.717, 1.165) is 41.0 Å². The first kappa shape index (κ1) is 20.3. The molecule has 8 heteroatoms. The monoisotopic (exact) mass is 430 g/mol. The minimum atomic E-state index is -0.509. The lowest BCUT2D eigenvalue weighted by molar-refractivity contribution is -0.134. The molecule has 1 fully saturated rings. The van der Waals surface area contributed by atoms with Crippen LogP contribution in [0.3, 0.4) is 0 Å². The van der Waals surface area contributed by atoms with Gasteiger partial charge in [0.05, 0.1) is 36.1 Å². The van der Waals surface area contributed by atoms with Crippen LogP contribution in [0.1, 0.15) is 11.5 Å². The topological polar surface area (TPSA) is 78.9 Å². The molecule has 0 unspecified atom stereocenters. The molecule has 0 bridgehead atoms. The highest BCUT2D eigenvalue weighted by atomic mass is 16.3. The van der Waals surface area contributed by atoms with E-state index in [1.165, 1.54) is 0 Å². The van der Waals surface area contributed by atoms with Crippen molar-refractivity contribution in [2.24, 2.45) is 7.05 Å². The molecule has 1 amide bonds. The summed E-state index contributed by atoms with van der Waals surface area (Å²) in [5, 5.41) is 18.6. The largest absolute Gasteiger partial charge is 0.395 e. The van der Waals surface area contributed by atoms with Gasteiger partial charge in [0.25, 0.3) is 0 Å². The number of rotatable bonds is 5. The van der Waals surface area contributed by atoms with Gasteiger partial charge >= 0.3 is 0 Å². The number of aliphatic hydroxyl groups excluding tert-OH is 1. The van der Waals surface area contributed by atoms with Crippen LogP contribution in [0.2, 0.25) is 0 Å². The quantitative estimate of drug-likeness (QED) is 0.525. The minimum absolute atomic E-state index is 0.0145. The maximum Gasteiger partial charge on any atom is 0.232 e. The Bertz CT molecular complexity index is 1220. The molecule has 1 aromatic carbocycles. The molecule has 3 aromatic heterocycles. The van der Waals surface area contributed by atoms with Gasteiger partial charge in [0.2, 0.25) is 5.91 Å². The maximum absolute atomic E-state index is 13.0. The summed E-state index contributed by atoms with van der Waals surface area (Å²) < 4.78 is 3.68. The fraction of sp³-hybridized carbons (Fsp3) is 0.292. The van der Waals surface area contributed by atoms with Crippen molar-refractivity contribution in [1.82, 2.24) is 24.3 Å². The summed E-state index contributed by atoms with van der Waals surface area (Å²) in [4.78, 5) is 17.2. The molecule has 1 aliphatic rings. The maximum atomic E-state index is 13.0. The first-order chi connectivity index (χ1) is 15.6. The molecule has 1 saturated heterocycles. The summed E-state index contributed by atoms with van der Waals surface area (Å²) >= 11 is 0. The third kappa shape index (κ3) is 3.73. The van der Waals surface area contributed by atoms with Crippen molar-refractivity contribution in [2.45, 2.75) is 5.92 Å². The van der Waals surface area contributed by atoms with Gasteiger partial charge < -0.3 is 14.9 Å². The van der Waals surface area contributed by atoms with Crippen LogP contribution in [-0.2, 0) is 11.8 Å². The number of hydrogen-bond acceptors (Lipinski definition) is 5. The minimum Gasteiger partial charge on any atom is -0.395 e. The molecule has 0 radical (unpaired) electrons. The van der Waals surface area contributed by atoms with Crippen LogP contribution in [0.5, 0.6) is 0 Å². The smallest absolute Gasteiger partial charge is 0.232 e. The molecule has 32 heavy (non-hydrogen) atoms. The molecule has 4 heterocycles. The Morgan fingerprint density at radius 2 is 1.75 bits per heavy atom. The van der Waals surface area contributed by atoms with Crippen molar-refractivity contribution in [1.29, 1.82) is 0 Å². The molecule has 1 aliphatic heterocycles. The van der Waals surface area contributed by atoms with E-state index in [4.69, 9.17) is 0 Å². The van der Waals surface area contributed by atoms with E-state index in [1.54, 1.807) is 4.68 Å². The number of carbonyl (C=O) groups is 1.